The van der Waals surface area contributed by atoms with Gasteiger partial charge in [-0.15, -0.1) is 0 Å². The first-order valence-corrected chi connectivity index (χ1v) is 8.50. The first-order chi connectivity index (χ1) is 12.8. The molecule has 0 fully saturated rings. The van der Waals surface area contributed by atoms with E-state index in [4.69, 9.17) is 11.5 Å². The molecule has 0 radical (unpaired) electrons. The van der Waals surface area contributed by atoms with Gasteiger partial charge in [-0.05, 0) is 18.4 Å². The topological polar surface area (TPSA) is 164 Å². The molecule has 0 saturated carbocycles. The van der Waals surface area contributed by atoms with Crippen molar-refractivity contribution in [2.24, 2.45) is 11.5 Å². The number of nitrogens with two attached hydrogens (primary N) is 2. The maximum absolute atomic E-state index is 12.9. The molecule has 0 aliphatic carbocycles. The fraction of sp³-hybridized carbons (Fsp3) is 0.444. The summed E-state index contributed by atoms with van der Waals surface area (Å²) >= 11 is 0. The number of nitrogens with zero attached hydrogens (tertiary/aromatic N) is 1. The Hall–Kier alpha value is -2.62. The number of carbonyl (C=O) groups is 4. The third-order valence-electron chi connectivity index (χ3n) is 4.16. The number of Topliss-reactive ketones (excluding diaryl/α,β-unsaturated/α-hetero) is 1. The summed E-state index contributed by atoms with van der Waals surface area (Å²) in [5, 5.41) is 19.4. The molecule has 1 rings (SSSR count). The largest absolute Gasteiger partial charge is 0.479 e. The molecule has 2 amide bonds. The van der Waals surface area contributed by atoms with Gasteiger partial charge in [0.15, 0.2) is 5.78 Å². The van der Waals surface area contributed by atoms with Gasteiger partial charge < -0.3 is 21.7 Å². The molecule has 1 aromatic rings. The summed E-state index contributed by atoms with van der Waals surface area (Å²) in [6.45, 7) is -0.366. The van der Waals surface area contributed by atoms with E-state index in [2.05, 4.69) is 0 Å². The van der Waals surface area contributed by atoms with E-state index in [1.54, 1.807) is 37.3 Å². The van der Waals surface area contributed by atoms with Crippen LogP contribution in [-0.2, 0) is 25.6 Å². The lowest BCUT2D eigenvalue weighted by molar-refractivity contribution is -0.174. The van der Waals surface area contributed by atoms with Crippen molar-refractivity contribution in [2.75, 3.05) is 13.2 Å². The lowest BCUT2D eigenvalue weighted by Crippen LogP contribution is -2.69. The van der Waals surface area contributed by atoms with E-state index in [1.807, 2.05) is 0 Å². The standard InChI is InChI=1S/C18H25N3O6/c1-2-6-14(23)18(11-22,17(26)27)21(15(24)10-19)16(25)13(20)9-12-7-4-3-5-8-12/h3-5,7-8,13,22H,2,6,9-11,19-20H2,1H3,(H,26,27). The van der Waals surface area contributed by atoms with Crippen LogP contribution in [0.25, 0.3) is 0 Å². The molecule has 6 N–H and O–H groups in total. The average Bonchev–Trinajstić information content (AvgIpc) is 2.65. The number of imide groups is 1. The number of ketones is 1. The van der Waals surface area contributed by atoms with Gasteiger partial charge in [0.2, 0.25) is 17.4 Å². The summed E-state index contributed by atoms with van der Waals surface area (Å²) in [6.07, 6.45) is 0.0301. The molecular formula is C18H25N3O6. The fourth-order valence-electron chi connectivity index (χ4n) is 2.74. The first-order valence-electron chi connectivity index (χ1n) is 8.50. The Morgan fingerprint density at radius 2 is 1.78 bits per heavy atom. The van der Waals surface area contributed by atoms with Crippen LogP contribution < -0.4 is 11.5 Å². The highest BCUT2D eigenvalue weighted by molar-refractivity contribution is 6.16. The number of hydrogen-bond donors (Lipinski definition) is 4. The highest BCUT2D eigenvalue weighted by Crippen LogP contribution is 2.22. The van der Waals surface area contributed by atoms with Crippen LogP contribution in [-0.4, -0.2) is 63.4 Å². The monoisotopic (exact) mass is 379 g/mol. The first kappa shape index (κ1) is 22.4. The van der Waals surface area contributed by atoms with E-state index in [1.165, 1.54) is 0 Å². The summed E-state index contributed by atoms with van der Waals surface area (Å²) in [7, 11) is 0. The van der Waals surface area contributed by atoms with Crippen LogP contribution in [0.3, 0.4) is 0 Å². The van der Waals surface area contributed by atoms with Crippen molar-refractivity contribution in [3.05, 3.63) is 35.9 Å². The van der Waals surface area contributed by atoms with Crippen LogP contribution in [0.2, 0.25) is 0 Å². The number of benzene rings is 1. The molecule has 9 nitrogen and oxygen atoms in total. The molecule has 0 aromatic heterocycles. The number of aliphatic carboxylic acids is 1. The molecule has 0 bridgehead atoms. The number of amides is 2. The summed E-state index contributed by atoms with van der Waals surface area (Å²) in [5.41, 5.74) is 9.15. The second-order valence-electron chi connectivity index (χ2n) is 6.06. The molecule has 0 aliphatic rings. The summed E-state index contributed by atoms with van der Waals surface area (Å²) in [6, 6.07) is 7.35. The minimum absolute atomic E-state index is 0.0110. The Labute approximate surface area is 156 Å². The number of carbonyl (C=O) groups excluding carboxylic acids is 3. The molecular weight excluding hydrogens is 354 g/mol. The van der Waals surface area contributed by atoms with E-state index < -0.39 is 48.3 Å². The van der Waals surface area contributed by atoms with Gasteiger partial charge >= 0.3 is 5.97 Å². The lowest BCUT2D eigenvalue weighted by Gasteiger charge is -2.37. The number of aliphatic hydroxyl groups is 1. The lowest BCUT2D eigenvalue weighted by atomic mass is 9.88. The number of carboxylic acids is 1. The van der Waals surface area contributed by atoms with Gasteiger partial charge in [-0.3, -0.25) is 19.3 Å². The molecule has 148 valence electrons. The predicted molar refractivity (Wildman–Crippen MR) is 96.4 cm³/mol. The SMILES string of the molecule is CCCC(=O)C(CO)(C(=O)O)N(C(=O)CN)C(=O)C(N)Cc1ccccc1. The van der Waals surface area contributed by atoms with Crippen LogP contribution >= 0.6 is 0 Å². The maximum Gasteiger partial charge on any atom is 0.340 e. The second-order valence-corrected chi connectivity index (χ2v) is 6.06. The third kappa shape index (κ3) is 4.76. The van der Waals surface area contributed by atoms with Gasteiger partial charge in [-0.1, -0.05) is 37.3 Å². The number of rotatable bonds is 10. The highest BCUT2D eigenvalue weighted by Gasteiger charge is 2.55. The summed E-state index contributed by atoms with van der Waals surface area (Å²) < 4.78 is 0. The Morgan fingerprint density at radius 1 is 1.19 bits per heavy atom. The van der Waals surface area contributed by atoms with Crippen molar-refractivity contribution in [2.45, 2.75) is 37.8 Å². The smallest absolute Gasteiger partial charge is 0.340 e. The molecule has 27 heavy (non-hydrogen) atoms. The molecule has 0 heterocycles. The Kier molecular flexibility index (Phi) is 8.23. The van der Waals surface area contributed by atoms with Crippen LogP contribution in [0, 0.1) is 0 Å². The zero-order valence-corrected chi connectivity index (χ0v) is 15.1. The molecule has 2 unspecified atom stereocenters. The van der Waals surface area contributed by atoms with E-state index in [0.29, 0.717) is 5.56 Å². The van der Waals surface area contributed by atoms with Crippen LogP contribution in [0.5, 0.6) is 0 Å². The summed E-state index contributed by atoms with van der Waals surface area (Å²) in [4.78, 5) is 49.8. The Morgan fingerprint density at radius 3 is 2.22 bits per heavy atom. The molecule has 2 atom stereocenters. The fourth-order valence-corrected chi connectivity index (χ4v) is 2.74. The number of hydrogen-bond acceptors (Lipinski definition) is 7. The summed E-state index contributed by atoms with van der Waals surface area (Å²) in [5.74, 6) is -4.98. The van der Waals surface area contributed by atoms with Gasteiger partial charge in [-0.25, -0.2) is 4.79 Å². The van der Waals surface area contributed by atoms with Crippen molar-refractivity contribution >= 4 is 23.6 Å². The predicted octanol–water partition coefficient (Wildman–Crippen LogP) is -0.945. The Balaban J connectivity index is 3.35. The normalized spacial score (nSPS) is 14.1. The van der Waals surface area contributed by atoms with Gasteiger partial charge in [0.25, 0.3) is 0 Å². The van der Waals surface area contributed by atoms with E-state index in [-0.39, 0.29) is 24.2 Å². The maximum atomic E-state index is 12.9. The molecule has 0 spiro atoms. The quantitative estimate of drug-likeness (QED) is 0.378. The Bertz CT molecular complexity index is 694. The van der Waals surface area contributed by atoms with Crippen LogP contribution in [0.1, 0.15) is 25.3 Å². The number of carboxylic acid groups (broad SMARTS) is 1. The molecule has 9 heteroatoms. The average molecular weight is 379 g/mol. The van der Waals surface area contributed by atoms with Crippen molar-refractivity contribution in [1.82, 2.24) is 4.90 Å². The highest BCUT2D eigenvalue weighted by atomic mass is 16.4. The zero-order valence-electron chi connectivity index (χ0n) is 15.1. The van der Waals surface area contributed by atoms with Crippen molar-refractivity contribution in [3.63, 3.8) is 0 Å². The minimum atomic E-state index is -2.75. The molecule has 1 aromatic carbocycles. The zero-order chi connectivity index (χ0) is 20.6. The third-order valence-corrected chi connectivity index (χ3v) is 4.16. The van der Waals surface area contributed by atoms with E-state index in [9.17, 15) is 29.4 Å². The van der Waals surface area contributed by atoms with Gasteiger partial charge in [0, 0.05) is 6.42 Å². The van der Waals surface area contributed by atoms with Gasteiger partial charge in [-0.2, -0.15) is 0 Å². The molecule has 0 saturated heterocycles. The molecule has 0 aliphatic heterocycles. The van der Waals surface area contributed by atoms with E-state index >= 15 is 0 Å². The van der Waals surface area contributed by atoms with Gasteiger partial charge in [0.05, 0.1) is 19.2 Å². The van der Waals surface area contributed by atoms with E-state index in [0.717, 1.165) is 0 Å². The van der Waals surface area contributed by atoms with Crippen LogP contribution in [0.4, 0.5) is 0 Å². The minimum Gasteiger partial charge on any atom is -0.479 e. The van der Waals surface area contributed by atoms with Crippen molar-refractivity contribution in [3.8, 4) is 0 Å². The second kappa shape index (κ2) is 9.91. The van der Waals surface area contributed by atoms with Crippen LogP contribution in [0.15, 0.2) is 30.3 Å². The number of aliphatic hydroxyl groups excluding tert-OH is 1. The van der Waals surface area contributed by atoms with Crippen molar-refractivity contribution < 1.29 is 29.4 Å². The van der Waals surface area contributed by atoms with Gasteiger partial charge in [0.1, 0.15) is 0 Å². The van der Waals surface area contributed by atoms with Crippen molar-refractivity contribution in [1.29, 1.82) is 0 Å².